The van der Waals surface area contributed by atoms with Crippen molar-refractivity contribution >= 4 is 24.2 Å². The van der Waals surface area contributed by atoms with E-state index in [1.54, 1.807) is 0 Å². The van der Waals surface area contributed by atoms with E-state index in [9.17, 15) is 0 Å². The van der Waals surface area contributed by atoms with Crippen LogP contribution in [0, 0.1) is 5.92 Å². The summed E-state index contributed by atoms with van der Waals surface area (Å²) in [4.78, 5) is 4.61. The van der Waals surface area contributed by atoms with Crippen LogP contribution in [0.3, 0.4) is 0 Å². The summed E-state index contributed by atoms with van der Waals surface area (Å²) in [5.41, 5.74) is 10.9. The van der Waals surface area contributed by atoms with E-state index >= 15 is 0 Å². The minimum atomic E-state index is 0.376. The van der Waals surface area contributed by atoms with Crippen molar-refractivity contribution in [3.05, 3.63) is 65.5 Å². The van der Waals surface area contributed by atoms with Gasteiger partial charge in [0.2, 0.25) is 0 Å². The summed E-state index contributed by atoms with van der Waals surface area (Å²) in [7, 11) is 2.47. The van der Waals surface area contributed by atoms with Gasteiger partial charge in [0.05, 0.1) is 17.1 Å². The molecular formula is C26H31BN3. The van der Waals surface area contributed by atoms with E-state index in [-0.39, 0.29) is 0 Å². The number of hydrogen-bond donors (Lipinski definition) is 1. The first kappa shape index (κ1) is 19.6. The second-order valence-electron chi connectivity index (χ2n) is 9.06. The third-order valence-corrected chi connectivity index (χ3v) is 7.00. The van der Waals surface area contributed by atoms with Gasteiger partial charge in [0.25, 0.3) is 0 Å². The van der Waals surface area contributed by atoms with Crippen LogP contribution in [-0.4, -0.2) is 18.0 Å². The summed E-state index contributed by atoms with van der Waals surface area (Å²) in [5, 5.41) is 4.86. The van der Waals surface area contributed by atoms with Crippen LogP contribution in [0.5, 0.6) is 0 Å². The van der Waals surface area contributed by atoms with Gasteiger partial charge in [-0.15, -0.1) is 0 Å². The Balaban J connectivity index is 1.43. The fourth-order valence-corrected chi connectivity index (χ4v) is 5.39. The molecule has 3 aliphatic rings. The maximum Gasteiger partial charge on any atom is 0.154 e. The average molecular weight is 396 g/mol. The van der Waals surface area contributed by atoms with Crippen molar-refractivity contribution in [2.45, 2.75) is 70.0 Å². The molecule has 3 nitrogen and oxygen atoms in total. The van der Waals surface area contributed by atoms with Crippen LogP contribution in [0.15, 0.2) is 59.3 Å². The Morgan fingerprint density at radius 3 is 2.43 bits per heavy atom. The maximum absolute atomic E-state index is 4.86. The lowest BCUT2D eigenvalue weighted by atomic mass is 9.58. The van der Waals surface area contributed by atoms with Gasteiger partial charge in [0.15, 0.2) is 7.28 Å². The molecule has 153 valence electrons. The number of benzene rings is 1. The number of rotatable bonds is 4. The normalized spacial score (nSPS) is 22.5. The minimum absolute atomic E-state index is 0.376. The van der Waals surface area contributed by atoms with E-state index < -0.39 is 0 Å². The van der Waals surface area contributed by atoms with E-state index in [1.807, 2.05) is 12.3 Å². The molecule has 1 aliphatic heterocycles. The lowest BCUT2D eigenvalue weighted by Crippen LogP contribution is -2.30. The van der Waals surface area contributed by atoms with Crippen molar-refractivity contribution in [1.82, 2.24) is 10.4 Å². The molecule has 1 aromatic carbocycles. The van der Waals surface area contributed by atoms with Crippen LogP contribution in [-0.2, 0) is 0 Å². The molecule has 30 heavy (non-hydrogen) atoms. The number of aromatic nitrogens is 1. The second-order valence-corrected chi connectivity index (χ2v) is 9.06. The molecule has 2 heterocycles. The molecule has 0 spiro atoms. The Hall–Kier alpha value is -2.36. The predicted octanol–water partition coefficient (Wildman–Crippen LogP) is 5.46. The van der Waals surface area contributed by atoms with E-state index in [1.165, 1.54) is 80.1 Å². The molecule has 5 rings (SSSR count). The monoisotopic (exact) mass is 396 g/mol. The van der Waals surface area contributed by atoms with Gasteiger partial charge < -0.3 is 0 Å². The Morgan fingerprint density at radius 2 is 1.63 bits per heavy atom. The van der Waals surface area contributed by atoms with E-state index in [0.29, 0.717) is 5.92 Å². The van der Waals surface area contributed by atoms with Crippen LogP contribution in [0.4, 0.5) is 0 Å². The van der Waals surface area contributed by atoms with Crippen molar-refractivity contribution in [3.63, 3.8) is 0 Å². The molecule has 1 unspecified atom stereocenters. The van der Waals surface area contributed by atoms with E-state index in [4.69, 9.17) is 5.10 Å². The quantitative estimate of drug-likeness (QED) is 0.697. The summed E-state index contributed by atoms with van der Waals surface area (Å²) >= 11 is 0. The molecule has 1 N–H and O–H groups in total. The number of fused-ring (bicyclic) bond motifs is 1. The molecule has 0 bridgehead atoms. The number of nitrogens with one attached hydrogen (secondary N) is 1. The lowest BCUT2D eigenvalue weighted by molar-refractivity contribution is 0.521. The molecule has 0 saturated heterocycles. The van der Waals surface area contributed by atoms with Crippen molar-refractivity contribution < 1.29 is 0 Å². The highest BCUT2D eigenvalue weighted by molar-refractivity contribution is 6.55. The van der Waals surface area contributed by atoms with E-state index in [0.717, 1.165) is 23.6 Å². The first-order chi connectivity index (χ1) is 14.9. The zero-order chi connectivity index (χ0) is 20.2. The number of hydrazone groups is 1. The SMILES string of the molecule is [B](c1ccc(C2=C3CCCCCCC3C(c3ccccn3)=NN2)cc1)C1CCCC1. The fourth-order valence-electron chi connectivity index (χ4n) is 5.39. The van der Waals surface area contributed by atoms with E-state index in [2.05, 4.69) is 54.1 Å². The van der Waals surface area contributed by atoms with Crippen LogP contribution in [0.2, 0.25) is 5.82 Å². The zero-order valence-electron chi connectivity index (χ0n) is 17.8. The van der Waals surface area contributed by atoms with Crippen molar-refractivity contribution in [1.29, 1.82) is 0 Å². The molecule has 1 aromatic heterocycles. The summed E-state index contributed by atoms with van der Waals surface area (Å²) in [6, 6.07) is 15.3. The smallest absolute Gasteiger partial charge is 0.154 e. The van der Waals surface area contributed by atoms with Crippen LogP contribution in [0.1, 0.15) is 75.5 Å². The van der Waals surface area contributed by atoms with Crippen molar-refractivity contribution in [2.75, 3.05) is 0 Å². The Kier molecular flexibility index (Phi) is 6.01. The van der Waals surface area contributed by atoms with Crippen LogP contribution < -0.4 is 10.9 Å². The number of pyridine rings is 1. The Bertz CT molecular complexity index is 911. The fraction of sp³-hybridized carbons (Fsp3) is 0.462. The summed E-state index contributed by atoms with van der Waals surface area (Å²) in [6.45, 7) is 0. The summed E-state index contributed by atoms with van der Waals surface area (Å²) in [5.74, 6) is 1.15. The predicted molar refractivity (Wildman–Crippen MR) is 126 cm³/mol. The van der Waals surface area contributed by atoms with Gasteiger partial charge in [-0.05, 0) is 42.5 Å². The lowest BCUT2D eigenvalue weighted by Gasteiger charge is -2.31. The van der Waals surface area contributed by atoms with Gasteiger partial charge in [-0.2, -0.15) is 5.10 Å². The highest BCUT2D eigenvalue weighted by atomic mass is 15.3. The van der Waals surface area contributed by atoms with Crippen LogP contribution >= 0.6 is 0 Å². The average Bonchev–Trinajstić information content (AvgIpc) is 3.28. The number of hydrogen-bond acceptors (Lipinski definition) is 3. The first-order valence-corrected chi connectivity index (χ1v) is 11.8. The highest BCUT2D eigenvalue weighted by Gasteiger charge is 2.30. The molecule has 2 fully saturated rings. The van der Waals surface area contributed by atoms with Crippen molar-refractivity contribution in [2.24, 2.45) is 11.0 Å². The molecule has 4 heteroatoms. The highest BCUT2D eigenvalue weighted by Crippen LogP contribution is 2.37. The summed E-state index contributed by atoms with van der Waals surface area (Å²) in [6.07, 6.45) is 14.9. The molecule has 2 aliphatic carbocycles. The molecule has 0 amide bonds. The molecule has 1 radical (unpaired) electrons. The van der Waals surface area contributed by atoms with Gasteiger partial charge >= 0.3 is 0 Å². The van der Waals surface area contributed by atoms with Gasteiger partial charge in [0, 0.05) is 12.1 Å². The molecular weight excluding hydrogens is 365 g/mol. The largest absolute Gasteiger partial charge is 0.278 e. The van der Waals surface area contributed by atoms with Gasteiger partial charge in [-0.1, -0.05) is 86.6 Å². The van der Waals surface area contributed by atoms with Gasteiger partial charge in [-0.3, -0.25) is 10.4 Å². The first-order valence-electron chi connectivity index (χ1n) is 11.8. The maximum atomic E-state index is 4.86. The molecule has 2 saturated carbocycles. The number of allylic oxidation sites excluding steroid dienone is 1. The second kappa shape index (κ2) is 9.20. The summed E-state index contributed by atoms with van der Waals surface area (Å²) < 4.78 is 0. The van der Waals surface area contributed by atoms with Crippen molar-refractivity contribution in [3.8, 4) is 0 Å². The standard InChI is InChI=1S/C26H31BN3/c1-2-4-12-23-22(11-3-1)25(29-30-26(23)24-13-7-8-18-28-24)19-14-16-21(17-15-19)27-20-9-5-6-10-20/h7-8,13-18,20,23,29H,1-6,9-12H2. The minimum Gasteiger partial charge on any atom is -0.278 e. The Morgan fingerprint density at radius 1 is 0.833 bits per heavy atom. The van der Waals surface area contributed by atoms with Gasteiger partial charge in [-0.25, -0.2) is 0 Å². The third kappa shape index (κ3) is 4.24. The third-order valence-electron chi connectivity index (χ3n) is 7.00. The zero-order valence-corrected chi connectivity index (χ0v) is 17.8. The Labute approximate surface area is 181 Å². The number of nitrogens with zero attached hydrogens (tertiary/aromatic N) is 2. The molecule has 2 aromatic rings. The molecule has 1 atom stereocenters. The van der Waals surface area contributed by atoms with Crippen LogP contribution in [0.25, 0.3) is 5.70 Å². The topological polar surface area (TPSA) is 37.3 Å². The van der Waals surface area contributed by atoms with Gasteiger partial charge in [0.1, 0.15) is 0 Å².